The van der Waals surface area contributed by atoms with Gasteiger partial charge in [-0.25, -0.2) is 0 Å². The van der Waals surface area contributed by atoms with E-state index in [9.17, 15) is 14.7 Å². The normalized spacial score (nSPS) is 33.0. The third kappa shape index (κ3) is 2.18. The summed E-state index contributed by atoms with van der Waals surface area (Å²) in [7, 11) is 0. The Bertz CT molecular complexity index is 556. The van der Waals surface area contributed by atoms with Crippen LogP contribution in [0.1, 0.15) is 38.2 Å². The van der Waals surface area contributed by atoms with Crippen molar-refractivity contribution in [3.8, 4) is 0 Å². The summed E-state index contributed by atoms with van der Waals surface area (Å²) < 4.78 is 0. The first-order valence-electron chi connectivity index (χ1n) is 7.61. The van der Waals surface area contributed by atoms with E-state index < -0.39 is 5.41 Å². The minimum absolute atomic E-state index is 0.0380. The molecule has 1 saturated heterocycles. The molecule has 0 radical (unpaired) electrons. The summed E-state index contributed by atoms with van der Waals surface area (Å²) >= 11 is 0. The standard InChI is InChI=1S/C17H21NO3/c1-17(13-7-3-2-4-8-13)10-15(20)18(16(17)21)14-9-5-6-12(14)11-19/h2-4,7-8,12,14,19H,5-6,9-11H2,1H3. The van der Waals surface area contributed by atoms with Gasteiger partial charge in [0, 0.05) is 25.0 Å². The molecular weight excluding hydrogens is 266 g/mol. The van der Waals surface area contributed by atoms with Crippen LogP contribution in [-0.4, -0.2) is 34.5 Å². The lowest BCUT2D eigenvalue weighted by Crippen LogP contribution is -2.45. The lowest BCUT2D eigenvalue weighted by Gasteiger charge is -2.29. The molecule has 4 nitrogen and oxygen atoms in total. The van der Waals surface area contributed by atoms with Gasteiger partial charge in [-0.1, -0.05) is 36.8 Å². The molecule has 112 valence electrons. The van der Waals surface area contributed by atoms with Crippen LogP contribution in [0.2, 0.25) is 0 Å². The largest absolute Gasteiger partial charge is 0.396 e. The number of aliphatic hydroxyl groups excluding tert-OH is 1. The number of carbonyl (C=O) groups excluding carboxylic acids is 2. The quantitative estimate of drug-likeness (QED) is 0.863. The van der Waals surface area contributed by atoms with Gasteiger partial charge in [0.25, 0.3) is 0 Å². The maximum atomic E-state index is 12.9. The molecule has 3 atom stereocenters. The summed E-state index contributed by atoms with van der Waals surface area (Å²) in [6.45, 7) is 1.90. The second-order valence-electron chi connectivity index (χ2n) is 6.38. The van der Waals surface area contributed by atoms with E-state index in [1.54, 1.807) is 0 Å². The van der Waals surface area contributed by atoms with Gasteiger partial charge in [-0.05, 0) is 25.3 Å². The molecule has 0 spiro atoms. The Morgan fingerprint density at radius 1 is 1.24 bits per heavy atom. The van der Waals surface area contributed by atoms with Crippen LogP contribution in [0, 0.1) is 5.92 Å². The van der Waals surface area contributed by atoms with E-state index in [-0.39, 0.29) is 36.8 Å². The van der Waals surface area contributed by atoms with Gasteiger partial charge in [0.05, 0.1) is 5.41 Å². The molecule has 4 heteroatoms. The van der Waals surface area contributed by atoms with Crippen LogP contribution in [0.4, 0.5) is 0 Å². The smallest absolute Gasteiger partial charge is 0.240 e. The molecule has 2 aliphatic rings. The molecule has 1 aromatic rings. The fraction of sp³-hybridized carbons (Fsp3) is 0.529. The van der Waals surface area contributed by atoms with Crippen molar-refractivity contribution in [2.24, 2.45) is 5.92 Å². The molecule has 1 saturated carbocycles. The van der Waals surface area contributed by atoms with Crippen LogP contribution in [0.3, 0.4) is 0 Å². The van der Waals surface area contributed by atoms with Gasteiger partial charge >= 0.3 is 0 Å². The second kappa shape index (κ2) is 5.26. The zero-order chi connectivity index (χ0) is 15.0. The highest BCUT2D eigenvalue weighted by molar-refractivity contribution is 6.09. The Balaban J connectivity index is 1.92. The number of likely N-dealkylation sites (tertiary alicyclic amines) is 1. The molecule has 1 aromatic carbocycles. The first-order valence-corrected chi connectivity index (χ1v) is 7.61. The molecule has 1 aliphatic heterocycles. The number of aliphatic hydroxyl groups is 1. The minimum atomic E-state index is -0.763. The molecule has 0 aromatic heterocycles. The van der Waals surface area contributed by atoms with Crippen molar-refractivity contribution in [3.63, 3.8) is 0 Å². The molecule has 1 N–H and O–H groups in total. The Morgan fingerprint density at radius 3 is 2.62 bits per heavy atom. The third-order valence-electron chi connectivity index (χ3n) is 5.06. The van der Waals surface area contributed by atoms with E-state index in [1.165, 1.54) is 4.90 Å². The highest BCUT2D eigenvalue weighted by atomic mass is 16.3. The molecule has 3 rings (SSSR count). The molecule has 2 fully saturated rings. The van der Waals surface area contributed by atoms with Gasteiger partial charge in [-0.2, -0.15) is 0 Å². The Labute approximate surface area is 124 Å². The van der Waals surface area contributed by atoms with E-state index in [1.807, 2.05) is 37.3 Å². The fourth-order valence-corrected chi connectivity index (χ4v) is 3.78. The topological polar surface area (TPSA) is 57.6 Å². The third-order valence-corrected chi connectivity index (χ3v) is 5.06. The Morgan fingerprint density at radius 2 is 1.95 bits per heavy atom. The molecule has 0 bridgehead atoms. The van der Waals surface area contributed by atoms with Gasteiger partial charge < -0.3 is 5.11 Å². The predicted octanol–water partition coefficient (Wildman–Crippen LogP) is 1.86. The average molecular weight is 287 g/mol. The summed E-state index contributed by atoms with van der Waals surface area (Å²) in [5.74, 6) is -0.170. The summed E-state index contributed by atoms with van der Waals surface area (Å²) in [5, 5.41) is 9.47. The number of imide groups is 1. The van der Waals surface area contributed by atoms with Crippen LogP contribution in [0.5, 0.6) is 0 Å². The number of benzene rings is 1. The van der Waals surface area contributed by atoms with Crippen molar-refractivity contribution >= 4 is 11.8 Å². The second-order valence-corrected chi connectivity index (χ2v) is 6.38. The van der Waals surface area contributed by atoms with Crippen molar-refractivity contribution in [1.82, 2.24) is 4.90 Å². The number of rotatable bonds is 3. The average Bonchev–Trinajstić information content (AvgIpc) is 3.04. The number of hydrogen-bond acceptors (Lipinski definition) is 3. The van der Waals surface area contributed by atoms with Gasteiger partial charge in [0.15, 0.2) is 0 Å². The van der Waals surface area contributed by atoms with Crippen LogP contribution in [0.15, 0.2) is 30.3 Å². The number of carbonyl (C=O) groups is 2. The molecule has 1 aliphatic carbocycles. The highest BCUT2D eigenvalue weighted by Crippen LogP contribution is 2.41. The summed E-state index contributed by atoms with van der Waals surface area (Å²) in [6.07, 6.45) is 2.90. The molecule has 1 heterocycles. The van der Waals surface area contributed by atoms with Crippen molar-refractivity contribution in [2.75, 3.05) is 6.61 Å². The van der Waals surface area contributed by atoms with Crippen LogP contribution >= 0.6 is 0 Å². The number of nitrogens with zero attached hydrogens (tertiary/aromatic N) is 1. The lowest BCUT2D eigenvalue weighted by atomic mass is 9.81. The van der Waals surface area contributed by atoms with Crippen LogP contribution < -0.4 is 0 Å². The first-order chi connectivity index (χ1) is 10.1. The molecule has 21 heavy (non-hydrogen) atoms. The predicted molar refractivity (Wildman–Crippen MR) is 78.5 cm³/mol. The van der Waals surface area contributed by atoms with Gasteiger partial charge in [0.2, 0.25) is 11.8 Å². The summed E-state index contributed by atoms with van der Waals surface area (Å²) in [4.78, 5) is 26.8. The minimum Gasteiger partial charge on any atom is -0.396 e. The summed E-state index contributed by atoms with van der Waals surface area (Å²) in [5.41, 5.74) is 0.130. The number of hydrogen-bond donors (Lipinski definition) is 1. The van der Waals surface area contributed by atoms with Crippen LogP contribution in [-0.2, 0) is 15.0 Å². The number of amides is 2. The SMILES string of the molecule is CC1(c2ccccc2)CC(=O)N(C2CCCC2CO)C1=O. The Hall–Kier alpha value is -1.68. The van der Waals surface area contributed by atoms with Crippen molar-refractivity contribution in [2.45, 2.75) is 44.1 Å². The molecule has 2 amide bonds. The summed E-state index contributed by atoms with van der Waals surface area (Å²) in [6, 6.07) is 9.39. The molecular formula is C17H21NO3. The van der Waals surface area contributed by atoms with Crippen molar-refractivity contribution in [1.29, 1.82) is 0 Å². The van der Waals surface area contributed by atoms with E-state index in [4.69, 9.17) is 0 Å². The van der Waals surface area contributed by atoms with E-state index in [2.05, 4.69) is 0 Å². The maximum Gasteiger partial charge on any atom is 0.240 e. The monoisotopic (exact) mass is 287 g/mol. The highest BCUT2D eigenvalue weighted by Gasteiger charge is 2.53. The van der Waals surface area contributed by atoms with E-state index >= 15 is 0 Å². The fourth-order valence-electron chi connectivity index (χ4n) is 3.78. The zero-order valence-electron chi connectivity index (χ0n) is 12.3. The first kappa shape index (κ1) is 14.3. The Kier molecular flexibility index (Phi) is 3.57. The van der Waals surface area contributed by atoms with Gasteiger partial charge in [-0.15, -0.1) is 0 Å². The van der Waals surface area contributed by atoms with Gasteiger partial charge in [-0.3, -0.25) is 14.5 Å². The van der Waals surface area contributed by atoms with E-state index in [0.29, 0.717) is 0 Å². The van der Waals surface area contributed by atoms with Crippen molar-refractivity contribution < 1.29 is 14.7 Å². The van der Waals surface area contributed by atoms with Crippen molar-refractivity contribution in [3.05, 3.63) is 35.9 Å². The lowest BCUT2D eigenvalue weighted by molar-refractivity contribution is -0.143. The van der Waals surface area contributed by atoms with Crippen LogP contribution in [0.25, 0.3) is 0 Å². The van der Waals surface area contributed by atoms with Gasteiger partial charge in [0.1, 0.15) is 0 Å². The molecule has 3 unspecified atom stereocenters. The zero-order valence-corrected chi connectivity index (χ0v) is 12.3. The maximum absolute atomic E-state index is 12.9. The van der Waals surface area contributed by atoms with E-state index in [0.717, 1.165) is 24.8 Å².